The number of carbonyl (C=O) groups is 1. The molecule has 0 fully saturated rings. The lowest BCUT2D eigenvalue weighted by Crippen LogP contribution is -2.46. The smallest absolute Gasteiger partial charge is 0.423 e. The molecule has 1 aliphatic heterocycles. The number of fused-ring (bicyclic) bond motifs is 1. The Bertz CT molecular complexity index is 1400. The highest BCUT2D eigenvalue weighted by Gasteiger charge is 2.32. The molecule has 0 saturated heterocycles. The van der Waals surface area contributed by atoms with Crippen LogP contribution in [0.3, 0.4) is 0 Å². The molecule has 3 aromatic rings. The van der Waals surface area contributed by atoms with Gasteiger partial charge in [-0.1, -0.05) is 34.8 Å². The second-order valence-corrected chi connectivity index (χ2v) is 10.1. The summed E-state index contributed by atoms with van der Waals surface area (Å²) >= 11 is 18.5. The molecule has 3 N–H and O–H groups in total. The summed E-state index contributed by atoms with van der Waals surface area (Å²) in [6, 6.07) is 5.64. The summed E-state index contributed by atoms with van der Waals surface area (Å²) in [6.07, 6.45) is 1.50. The molecule has 1 aliphatic rings. The normalized spacial score (nSPS) is 15.1. The number of hydrogen-bond acceptors (Lipinski definition) is 7. The molecular weight excluding hydrogens is 527 g/mol. The third-order valence-corrected chi connectivity index (χ3v) is 6.83. The van der Waals surface area contributed by atoms with E-state index in [0.29, 0.717) is 21.8 Å². The van der Waals surface area contributed by atoms with E-state index in [2.05, 4.69) is 10.3 Å². The van der Waals surface area contributed by atoms with Crippen LogP contribution in [0.2, 0.25) is 15.1 Å². The first-order valence-corrected chi connectivity index (χ1v) is 12.3. The molecule has 0 saturated carbocycles. The molecule has 1 atom stereocenters. The Hall–Kier alpha value is -2.63. The van der Waals surface area contributed by atoms with Gasteiger partial charge in [-0.15, -0.1) is 0 Å². The van der Waals surface area contributed by atoms with Crippen LogP contribution in [0, 0.1) is 0 Å². The Labute approximate surface area is 222 Å². The molecular formula is C23H23BCl3N5O4. The minimum absolute atomic E-state index is 0.0523. The van der Waals surface area contributed by atoms with E-state index in [1.54, 1.807) is 17.0 Å². The highest BCUT2D eigenvalue weighted by molar-refractivity contribution is 6.59. The molecule has 0 bridgehead atoms. The number of aromatic nitrogens is 3. The molecule has 9 nitrogen and oxygen atoms in total. The Morgan fingerprint density at radius 3 is 2.50 bits per heavy atom. The van der Waals surface area contributed by atoms with Crippen LogP contribution in [0.5, 0.6) is 0 Å². The van der Waals surface area contributed by atoms with E-state index in [9.17, 15) is 19.6 Å². The number of amides is 1. The van der Waals surface area contributed by atoms with Gasteiger partial charge >= 0.3 is 7.12 Å². The van der Waals surface area contributed by atoms with Gasteiger partial charge < -0.3 is 20.3 Å². The van der Waals surface area contributed by atoms with Crippen molar-refractivity contribution < 1.29 is 14.8 Å². The van der Waals surface area contributed by atoms with Crippen LogP contribution in [0.4, 0.5) is 5.95 Å². The van der Waals surface area contributed by atoms with Crippen molar-refractivity contribution in [3.63, 3.8) is 0 Å². The maximum absolute atomic E-state index is 13.7. The molecule has 0 spiro atoms. The highest BCUT2D eigenvalue weighted by Crippen LogP contribution is 2.28. The van der Waals surface area contributed by atoms with E-state index < -0.39 is 7.12 Å². The second kappa shape index (κ2) is 10.4. The van der Waals surface area contributed by atoms with Gasteiger partial charge in [0.15, 0.2) is 5.82 Å². The molecule has 0 aliphatic carbocycles. The summed E-state index contributed by atoms with van der Waals surface area (Å²) in [6.45, 7) is 5.75. The van der Waals surface area contributed by atoms with Crippen molar-refractivity contribution in [3.8, 4) is 5.82 Å². The average molecular weight is 551 g/mol. The van der Waals surface area contributed by atoms with E-state index in [4.69, 9.17) is 39.8 Å². The Morgan fingerprint density at radius 1 is 1.17 bits per heavy atom. The van der Waals surface area contributed by atoms with E-state index in [1.165, 1.54) is 22.9 Å². The summed E-state index contributed by atoms with van der Waals surface area (Å²) in [5.74, 6) is 0.0577. The van der Waals surface area contributed by atoms with Crippen molar-refractivity contribution in [2.24, 2.45) is 0 Å². The number of benzene rings is 1. The summed E-state index contributed by atoms with van der Waals surface area (Å²) in [4.78, 5) is 37.5. The summed E-state index contributed by atoms with van der Waals surface area (Å²) in [7, 11) is -1.75. The Kier molecular flexibility index (Phi) is 7.63. The Balaban J connectivity index is 1.79. The van der Waals surface area contributed by atoms with Crippen LogP contribution < -0.4 is 16.3 Å². The predicted molar refractivity (Wildman–Crippen MR) is 141 cm³/mol. The molecule has 1 aromatic carbocycles. The fourth-order valence-electron chi connectivity index (χ4n) is 4.03. The van der Waals surface area contributed by atoms with Gasteiger partial charge in [-0.3, -0.25) is 9.59 Å². The third-order valence-electron chi connectivity index (χ3n) is 5.81. The molecule has 4 rings (SSSR count). The molecule has 36 heavy (non-hydrogen) atoms. The number of nitrogens with zero attached hydrogens (tertiary/aromatic N) is 4. The first kappa shape index (κ1) is 26.4. The maximum Gasteiger partial charge on any atom is 0.490 e. The zero-order valence-corrected chi connectivity index (χ0v) is 21.9. The third kappa shape index (κ3) is 5.10. The number of rotatable bonds is 5. The van der Waals surface area contributed by atoms with Gasteiger partial charge in [0.2, 0.25) is 5.95 Å². The predicted octanol–water partition coefficient (Wildman–Crippen LogP) is 2.67. The average Bonchev–Trinajstić information content (AvgIpc) is 2.81. The molecule has 2 aromatic heterocycles. The van der Waals surface area contributed by atoms with Gasteiger partial charge in [0.05, 0.1) is 27.3 Å². The van der Waals surface area contributed by atoms with Crippen LogP contribution in [-0.4, -0.2) is 54.6 Å². The lowest BCUT2D eigenvalue weighted by molar-refractivity contribution is 0.0653. The lowest BCUT2D eigenvalue weighted by atomic mass is 9.82. The van der Waals surface area contributed by atoms with Crippen molar-refractivity contribution in [3.05, 3.63) is 72.7 Å². The van der Waals surface area contributed by atoms with Gasteiger partial charge in [-0.2, -0.15) is 0 Å². The van der Waals surface area contributed by atoms with Crippen LogP contribution in [0.15, 0.2) is 35.3 Å². The van der Waals surface area contributed by atoms with Crippen molar-refractivity contribution >= 4 is 59.2 Å². The van der Waals surface area contributed by atoms with Gasteiger partial charge in [-0.05, 0) is 51.5 Å². The summed E-state index contributed by atoms with van der Waals surface area (Å²) in [5.41, 5.74) is 1.01. The quantitative estimate of drug-likeness (QED) is 0.418. The first-order valence-electron chi connectivity index (χ1n) is 11.2. The molecule has 188 valence electrons. The van der Waals surface area contributed by atoms with Crippen LogP contribution in [-0.2, 0) is 13.0 Å². The van der Waals surface area contributed by atoms with Gasteiger partial charge in [0.1, 0.15) is 0 Å². The van der Waals surface area contributed by atoms with Gasteiger partial charge in [0, 0.05) is 34.9 Å². The van der Waals surface area contributed by atoms with Gasteiger partial charge in [0.25, 0.3) is 11.5 Å². The second-order valence-electron chi connectivity index (χ2n) is 8.86. The number of carbonyl (C=O) groups excluding carboxylic acids is 1. The summed E-state index contributed by atoms with van der Waals surface area (Å²) in [5, 5.41) is 22.7. The van der Waals surface area contributed by atoms with E-state index in [1.807, 2.05) is 20.8 Å². The van der Waals surface area contributed by atoms with Crippen LogP contribution >= 0.6 is 34.8 Å². The zero-order valence-electron chi connectivity index (χ0n) is 19.7. The van der Waals surface area contributed by atoms with Crippen molar-refractivity contribution in [1.29, 1.82) is 0 Å². The number of nitrogens with one attached hydrogen (secondary N) is 1. The molecule has 1 amide bonds. The molecule has 13 heteroatoms. The minimum atomic E-state index is -1.75. The molecule has 0 radical (unpaired) electrons. The van der Waals surface area contributed by atoms with Gasteiger partial charge in [-0.25, -0.2) is 14.5 Å². The van der Waals surface area contributed by atoms with E-state index in [0.717, 1.165) is 0 Å². The highest BCUT2D eigenvalue weighted by atomic mass is 35.5. The minimum Gasteiger partial charge on any atom is -0.423 e. The number of anilines is 1. The van der Waals surface area contributed by atoms with E-state index in [-0.39, 0.29) is 63.8 Å². The van der Waals surface area contributed by atoms with E-state index >= 15 is 0 Å². The lowest BCUT2D eigenvalue weighted by Gasteiger charge is -2.34. The topological polar surface area (TPSA) is 121 Å². The number of pyridine rings is 1. The number of hydrogen-bond donors (Lipinski definition) is 3. The van der Waals surface area contributed by atoms with Crippen molar-refractivity contribution in [1.82, 2.24) is 19.4 Å². The van der Waals surface area contributed by atoms with Crippen molar-refractivity contribution in [2.75, 3.05) is 5.32 Å². The molecule has 0 unspecified atom stereocenters. The first-order chi connectivity index (χ1) is 17.0. The molecule has 3 heterocycles. The van der Waals surface area contributed by atoms with Crippen molar-refractivity contribution in [2.45, 2.75) is 45.8 Å². The zero-order chi connectivity index (χ0) is 26.3. The number of halogens is 3. The van der Waals surface area contributed by atoms with Crippen LogP contribution in [0.1, 0.15) is 42.4 Å². The SMILES string of the molecule is CC(C)Nc1nc2c(c(=O)n1-c1ncc(B(O)O)cc1Cl)C[C@@H](C)N(C(=O)c1ccc(Cl)c(Cl)c1)C2. The fourth-order valence-corrected chi connectivity index (χ4v) is 4.59. The van der Waals surface area contributed by atoms with Crippen LogP contribution in [0.25, 0.3) is 5.82 Å². The maximum atomic E-state index is 13.7. The fraction of sp³-hybridized carbons (Fsp3) is 0.304. The largest absolute Gasteiger partial charge is 0.490 e. The standard InChI is InChI=1S/C23H23BCl3N5O4/c1-11(2)29-23-30-19-10-31(21(33)13-4-5-16(25)17(26)7-13)12(3)6-15(19)22(34)32(23)20-18(27)8-14(9-28-20)24(35)36/h4-5,7-9,11-12,35-36H,6,10H2,1-3H3,(H,29,30)/t12-/m1/s1. The summed E-state index contributed by atoms with van der Waals surface area (Å²) < 4.78 is 1.28. The monoisotopic (exact) mass is 549 g/mol. The Morgan fingerprint density at radius 2 is 1.89 bits per heavy atom.